The number of alkyl halides is 3. The van der Waals surface area contributed by atoms with Crippen LogP contribution in [0, 0.1) is 0 Å². The van der Waals surface area contributed by atoms with E-state index in [1.807, 2.05) is 0 Å². The molecule has 1 fully saturated rings. The lowest BCUT2D eigenvalue weighted by Crippen LogP contribution is -2.40. The number of aromatic nitrogens is 3. The molecule has 1 N–H and O–H groups in total. The van der Waals surface area contributed by atoms with Crippen LogP contribution >= 0.6 is 0 Å². The van der Waals surface area contributed by atoms with Crippen LogP contribution in [-0.2, 0) is 10.9 Å². The molecule has 3 aromatic rings. The van der Waals surface area contributed by atoms with Crippen LogP contribution in [0.15, 0.2) is 35.1 Å². The van der Waals surface area contributed by atoms with Crippen LogP contribution in [0.3, 0.4) is 0 Å². The van der Waals surface area contributed by atoms with Crippen LogP contribution in [0.4, 0.5) is 13.2 Å². The number of hydrogen-bond acceptors (Lipinski definition) is 5. The molecule has 0 bridgehead atoms. The molecule has 0 saturated carbocycles. The summed E-state index contributed by atoms with van der Waals surface area (Å²) < 4.78 is 51.9. The van der Waals surface area contributed by atoms with Crippen molar-refractivity contribution in [3.63, 3.8) is 0 Å². The highest BCUT2D eigenvalue weighted by atomic mass is 19.4. The standard InChI is InChI=1S/C18H17F3N4O3/c1-10(13-4-2-6-27-13)23-17(26)11-9-22-25-15(18(19,20)21)8-12(24-16(11)25)14-5-3-7-28-14/h3,5,7-10,13H,2,4,6H2,1H3,(H,23,26)/t10-,13+/m0/s1. The fourth-order valence-corrected chi connectivity index (χ4v) is 3.25. The Kier molecular flexibility index (Phi) is 4.58. The van der Waals surface area contributed by atoms with Gasteiger partial charge in [0.25, 0.3) is 5.91 Å². The minimum Gasteiger partial charge on any atom is -0.463 e. The molecule has 4 rings (SSSR count). The average molecular weight is 394 g/mol. The monoisotopic (exact) mass is 394 g/mol. The second kappa shape index (κ2) is 6.93. The van der Waals surface area contributed by atoms with Crippen LogP contribution in [0.1, 0.15) is 35.8 Å². The molecular formula is C18H17F3N4O3. The van der Waals surface area contributed by atoms with Crippen LogP contribution in [0.25, 0.3) is 17.1 Å². The number of amides is 1. The summed E-state index contributed by atoms with van der Waals surface area (Å²) in [7, 11) is 0. The maximum atomic E-state index is 13.5. The van der Waals surface area contributed by atoms with E-state index in [2.05, 4.69) is 15.4 Å². The topological polar surface area (TPSA) is 81.7 Å². The zero-order valence-corrected chi connectivity index (χ0v) is 14.9. The summed E-state index contributed by atoms with van der Waals surface area (Å²) >= 11 is 0. The van der Waals surface area contributed by atoms with Gasteiger partial charge in [-0.05, 0) is 38.0 Å². The van der Waals surface area contributed by atoms with E-state index in [0.717, 1.165) is 25.1 Å². The van der Waals surface area contributed by atoms with Gasteiger partial charge in [0.1, 0.15) is 11.3 Å². The van der Waals surface area contributed by atoms with Crippen LogP contribution in [-0.4, -0.2) is 39.3 Å². The second-order valence-electron chi connectivity index (χ2n) is 6.61. The third-order valence-electron chi connectivity index (χ3n) is 4.66. The minimum absolute atomic E-state index is 0.0356. The highest BCUT2D eigenvalue weighted by molar-refractivity contribution is 6.00. The smallest absolute Gasteiger partial charge is 0.433 e. The van der Waals surface area contributed by atoms with Crippen molar-refractivity contribution in [1.82, 2.24) is 19.9 Å². The summed E-state index contributed by atoms with van der Waals surface area (Å²) in [5.74, 6) is -0.400. The van der Waals surface area contributed by atoms with E-state index in [9.17, 15) is 18.0 Å². The normalized spacial score (nSPS) is 18.5. The van der Waals surface area contributed by atoms with Crippen molar-refractivity contribution in [1.29, 1.82) is 0 Å². The number of nitrogens with one attached hydrogen (secondary N) is 1. The molecule has 1 aliphatic heterocycles. The molecule has 7 nitrogen and oxygen atoms in total. The Bertz CT molecular complexity index is 992. The number of halogens is 3. The number of nitrogens with zero attached hydrogens (tertiary/aromatic N) is 3. The van der Waals surface area contributed by atoms with E-state index >= 15 is 0 Å². The molecule has 0 radical (unpaired) electrons. The zero-order valence-electron chi connectivity index (χ0n) is 14.9. The summed E-state index contributed by atoms with van der Waals surface area (Å²) in [6.07, 6.45) is -0.668. The fourth-order valence-electron chi connectivity index (χ4n) is 3.25. The fraction of sp³-hybridized carbons (Fsp3) is 0.389. The Morgan fingerprint density at radius 3 is 2.89 bits per heavy atom. The minimum atomic E-state index is -4.69. The molecule has 1 aliphatic rings. The highest BCUT2D eigenvalue weighted by Crippen LogP contribution is 2.32. The van der Waals surface area contributed by atoms with Gasteiger partial charge in [-0.25, -0.2) is 9.50 Å². The largest absolute Gasteiger partial charge is 0.463 e. The number of hydrogen-bond donors (Lipinski definition) is 1. The quantitative estimate of drug-likeness (QED) is 0.734. The van der Waals surface area contributed by atoms with Gasteiger partial charge in [-0.3, -0.25) is 4.79 Å². The number of carbonyl (C=O) groups is 1. The predicted octanol–water partition coefficient (Wildman–Crippen LogP) is 3.31. The molecule has 1 amide bonds. The summed E-state index contributed by atoms with van der Waals surface area (Å²) in [5, 5.41) is 6.51. The van der Waals surface area contributed by atoms with Crippen molar-refractivity contribution < 1.29 is 27.1 Å². The number of furan rings is 1. The van der Waals surface area contributed by atoms with Gasteiger partial charge in [-0.15, -0.1) is 0 Å². The lowest BCUT2D eigenvalue weighted by atomic mass is 10.1. The molecule has 2 atom stereocenters. The highest BCUT2D eigenvalue weighted by Gasteiger charge is 2.36. The van der Waals surface area contributed by atoms with Gasteiger partial charge in [0.15, 0.2) is 17.1 Å². The van der Waals surface area contributed by atoms with Gasteiger partial charge in [0.05, 0.1) is 24.6 Å². The van der Waals surface area contributed by atoms with E-state index in [4.69, 9.17) is 9.15 Å². The summed E-state index contributed by atoms with van der Waals surface area (Å²) in [4.78, 5) is 16.9. The molecule has 10 heteroatoms. The van der Waals surface area contributed by atoms with Crippen molar-refractivity contribution >= 4 is 11.6 Å². The molecule has 3 aromatic heterocycles. The number of ether oxygens (including phenoxy) is 1. The van der Waals surface area contributed by atoms with Crippen molar-refractivity contribution in [3.05, 3.63) is 41.9 Å². The first-order valence-corrected chi connectivity index (χ1v) is 8.77. The van der Waals surface area contributed by atoms with Gasteiger partial charge in [-0.2, -0.15) is 18.3 Å². The third-order valence-corrected chi connectivity index (χ3v) is 4.66. The molecule has 28 heavy (non-hydrogen) atoms. The number of fused-ring (bicyclic) bond motifs is 1. The van der Waals surface area contributed by atoms with E-state index in [1.54, 1.807) is 13.0 Å². The molecule has 1 saturated heterocycles. The van der Waals surface area contributed by atoms with Gasteiger partial charge >= 0.3 is 6.18 Å². The molecular weight excluding hydrogens is 377 g/mol. The summed E-state index contributed by atoms with van der Waals surface area (Å²) in [6.45, 7) is 2.42. The first-order valence-electron chi connectivity index (χ1n) is 8.77. The van der Waals surface area contributed by atoms with Gasteiger partial charge in [0, 0.05) is 6.61 Å². The lowest BCUT2D eigenvalue weighted by molar-refractivity contribution is -0.142. The number of rotatable bonds is 4. The molecule has 148 valence electrons. The Labute approximate surface area is 157 Å². The second-order valence-corrected chi connectivity index (χ2v) is 6.61. The van der Waals surface area contributed by atoms with E-state index in [1.165, 1.54) is 12.3 Å². The van der Waals surface area contributed by atoms with Crippen molar-refractivity contribution in [3.8, 4) is 11.5 Å². The first kappa shape index (κ1) is 18.5. The summed E-state index contributed by atoms with van der Waals surface area (Å²) in [5.41, 5.74) is -1.33. The Morgan fingerprint density at radius 2 is 2.25 bits per heavy atom. The van der Waals surface area contributed by atoms with Crippen LogP contribution < -0.4 is 5.32 Å². The average Bonchev–Trinajstić information content (AvgIpc) is 3.40. The van der Waals surface area contributed by atoms with E-state index in [0.29, 0.717) is 11.1 Å². The Balaban J connectivity index is 1.75. The molecule has 0 spiro atoms. The van der Waals surface area contributed by atoms with Gasteiger partial charge in [-0.1, -0.05) is 0 Å². The molecule has 0 aromatic carbocycles. The maximum Gasteiger partial charge on any atom is 0.433 e. The van der Waals surface area contributed by atoms with Crippen LogP contribution in [0.5, 0.6) is 0 Å². The van der Waals surface area contributed by atoms with Crippen molar-refractivity contribution in [2.24, 2.45) is 0 Å². The van der Waals surface area contributed by atoms with E-state index in [-0.39, 0.29) is 34.8 Å². The number of carbonyl (C=O) groups excluding carboxylic acids is 1. The Morgan fingerprint density at radius 1 is 1.43 bits per heavy atom. The van der Waals surface area contributed by atoms with Crippen LogP contribution in [0.2, 0.25) is 0 Å². The Hall–Kier alpha value is -2.88. The molecule has 0 unspecified atom stereocenters. The van der Waals surface area contributed by atoms with Gasteiger partial charge in [0.2, 0.25) is 0 Å². The molecule has 0 aliphatic carbocycles. The van der Waals surface area contributed by atoms with Crippen molar-refractivity contribution in [2.45, 2.75) is 38.1 Å². The third kappa shape index (κ3) is 3.35. The lowest BCUT2D eigenvalue weighted by Gasteiger charge is -2.19. The molecule has 4 heterocycles. The first-order chi connectivity index (χ1) is 13.3. The predicted molar refractivity (Wildman–Crippen MR) is 91.6 cm³/mol. The van der Waals surface area contributed by atoms with Crippen molar-refractivity contribution in [2.75, 3.05) is 6.61 Å². The zero-order chi connectivity index (χ0) is 19.9. The SMILES string of the molecule is C[C@H](NC(=O)c1cnn2c(C(F)(F)F)cc(-c3ccco3)nc12)[C@H]1CCCO1. The van der Waals surface area contributed by atoms with E-state index < -0.39 is 17.8 Å². The van der Waals surface area contributed by atoms with Gasteiger partial charge < -0.3 is 14.5 Å². The summed E-state index contributed by atoms with van der Waals surface area (Å²) in [6, 6.07) is 3.59. The maximum absolute atomic E-state index is 13.5.